The molecule has 1 N–H and O–H groups in total. The second kappa shape index (κ2) is 43.7. The number of aliphatic hydroxyl groups is 1. The van der Waals surface area contributed by atoms with E-state index in [9.17, 15) is 9.90 Å². The van der Waals surface area contributed by atoms with E-state index in [0.717, 1.165) is 83.5 Å². The van der Waals surface area contributed by atoms with Gasteiger partial charge in [0.15, 0.2) is 0 Å². The number of ether oxygens (including phenoxy) is 2. The van der Waals surface area contributed by atoms with Crippen molar-refractivity contribution in [2.24, 2.45) is 0 Å². The van der Waals surface area contributed by atoms with Gasteiger partial charge in [0.1, 0.15) is 6.10 Å². The summed E-state index contributed by atoms with van der Waals surface area (Å²) in [6, 6.07) is 0. The summed E-state index contributed by atoms with van der Waals surface area (Å²) in [7, 11) is 0. The molecule has 0 aromatic carbocycles. The minimum Gasteiger partial charge on any atom is -0.457 e. The molecule has 0 aliphatic heterocycles. The highest BCUT2D eigenvalue weighted by atomic mass is 16.6. The molecule has 0 saturated carbocycles. The Balaban J connectivity index is 3.54. The molecule has 1 unspecified atom stereocenters. The van der Waals surface area contributed by atoms with Gasteiger partial charge in [0.2, 0.25) is 0 Å². The van der Waals surface area contributed by atoms with Gasteiger partial charge in [-0.15, -0.1) is 0 Å². The number of rotatable bonds is 38. The van der Waals surface area contributed by atoms with Gasteiger partial charge >= 0.3 is 5.97 Å². The smallest absolute Gasteiger partial charge is 0.306 e. The van der Waals surface area contributed by atoms with Crippen LogP contribution in [0.1, 0.15) is 181 Å². The Bertz CT molecular complexity index is 923. The van der Waals surface area contributed by atoms with E-state index in [1.165, 1.54) is 77.0 Å². The lowest BCUT2D eigenvalue weighted by atomic mass is 10.1. The predicted molar refractivity (Wildman–Crippen MR) is 223 cm³/mol. The Morgan fingerprint density at radius 1 is 0.490 bits per heavy atom. The van der Waals surface area contributed by atoms with Crippen LogP contribution in [0.4, 0.5) is 0 Å². The van der Waals surface area contributed by atoms with Gasteiger partial charge in [0.25, 0.3) is 0 Å². The van der Waals surface area contributed by atoms with Crippen LogP contribution >= 0.6 is 0 Å². The summed E-state index contributed by atoms with van der Waals surface area (Å²) in [6.07, 6.45) is 60.6. The van der Waals surface area contributed by atoms with E-state index in [-0.39, 0.29) is 19.2 Å². The zero-order chi connectivity index (χ0) is 37.0. The fraction of sp³-hybridized carbons (Fsp3) is 0.681. The van der Waals surface area contributed by atoms with Crippen LogP contribution in [0, 0.1) is 0 Å². The lowest BCUT2D eigenvalue weighted by Gasteiger charge is -2.15. The van der Waals surface area contributed by atoms with Gasteiger partial charge in [0, 0.05) is 13.0 Å². The third kappa shape index (κ3) is 41.9. The Morgan fingerprint density at radius 3 is 1.33 bits per heavy atom. The number of hydrogen-bond acceptors (Lipinski definition) is 4. The number of carbonyl (C=O) groups excluding carboxylic acids is 1. The van der Waals surface area contributed by atoms with E-state index in [0.29, 0.717) is 13.0 Å². The number of carbonyl (C=O) groups is 1. The van der Waals surface area contributed by atoms with Gasteiger partial charge in [0.05, 0.1) is 13.2 Å². The van der Waals surface area contributed by atoms with Gasteiger partial charge in [-0.05, 0) is 89.9 Å². The van der Waals surface area contributed by atoms with Gasteiger partial charge in [-0.25, -0.2) is 0 Å². The lowest BCUT2D eigenvalue weighted by molar-refractivity contribution is -0.154. The van der Waals surface area contributed by atoms with Crippen molar-refractivity contribution in [2.75, 3.05) is 19.8 Å². The summed E-state index contributed by atoms with van der Waals surface area (Å²) < 4.78 is 11.1. The molecule has 0 saturated heterocycles. The largest absolute Gasteiger partial charge is 0.457 e. The zero-order valence-corrected chi connectivity index (χ0v) is 33.3. The van der Waals surface area contributed by atoms with Crippen LogP contribution in [0.25, 0.3) is 0 Å². The first kappa shape index (κ1) is 48.6. The predicted octanol–water partition coefficient (Wildman–Crippen LogP) is 14.0. The molecule has 0 aromatic rings. The number of esters is 1. The molecule has 292 valence electrons. The van der Waals surface area contributed by atoms with Crippen LogP contribution in [0.3, 0.4) is 0 Å². The first-order chi connectivity index (χ1) is 25.2. The average molecular weight is 709 g/mol. The van der Waals surface area contributed by atoms with E-state index in [1.807, 2.05) is 0 Å². The van der Waals surface area contributed by atoms with E-state index >= 15 is 0 Å². The Morgan fingerprint density at radius 2 is 0.882 bits per heavy atom. The summed E-state index contributed by atoms with van der Waals surface area (Å²) in [5, 5.41) is 9.60. The Labute approximate surface area is 316 Å². The first-order valence-electron chi connectivity index (χ1n) is 21.2. The van der Waals surface area contributed by atoms with Crippen molar-refractivity contribution in [3.8, 4) is 0 Å². The molecule has 0 spiro atoms. The van der Waals surface area contributed by atoms with Crippen molar-refractivity contribution in [1.29, 1.82) is 0 Å². The first-order valence-corrected chi connectivity index (χ1v) is 21.2. The maximum absolute atomic E-state index is 12.2. The van der Waals surface area contributed by atoms with Gasteiger partial charge in [-0.1, -0.05) is 170 Å². The molecule has 0 rings (SSSR count). The normalized spacial score (nSPS) is 13.2. The van der Waals surface area contributed by atoms with E-state index in [2.05, 4.69) is 98.9 Å². The average Bonchev–Trinajstić information content (AvgIpc) is 3.14. The Hall–Kier alpha value is -2.43. The number of aliphatic hydroxyl groups excluding tert-OH is 1. The topological polar surface area (TPSA) is 55.8 Å². The van der Waals surface area contributed by atoms with Crippen LogP contribution in [0.5, 0.6) is 0 Å². The van der Waals surface area contributed by atoms with Gasteiger partial charge < -0.3 is 14.6 Å². The molecule has 51 heavy (non-hydrogen) atoms. The molecule has 1 atom stereocenters. The van der Waals surface area contributed by atoms with Crippen molar-refractivity contribution in [3.63, 3.8) is 0 Å². The van der Waals surface area contributed by atoms with Crippen molar-refractivity contribution < 1.29 is 19.4 Å². The summed E-state index contributed by atoms with van der Waals surface area (Å²) in [5.74, 6) is -0.223. The standard InChI is InChI=1S/C47H80O4/c1-3-5-7-9-11-13-15-17-19-21-23-24-25-26-28-30-32-34-36-38-40-42-47(49)51-46(44-48)45-50-43-41-39-37-35-33-31-29-27-22-20-18-16-14-12-10-8-6-4-2/h6,8,12,14-15,17-18,20-21,23,25-27,29,46,48H,3-5,7,9-11,13,16,19,22,24,28,30-45H2,1-2H3/b8-6-,14-12-,17-15-,20-18-,23-21-,26-25-,29-27-. The van der Waals surface area contributed by atoms with E-state index in [1.54, 1.807) is 0 Å². The number of hydrogen-bond donors (Lipinski definition) is 1. The van der Waals surface area contributed by atoms with Crippen molar-refractivity contribution in [2.45, 2.75) is 187 Å². The highest BCUT2D eigenvalue weighted by molar-refractivity contribution is 5.69. The zero-order valence-electron chi connectivity index (χ0n) is 33.3. The quantitative estimate of drug-likeness (QED) is 0.0394. The number of unbranched alkanes of at least 4 members (excludes halogenated alkanes) is 16. The van der Waals surface area contributed by atoms with Crippen LogP contribution in [0.15, 0.2) is 85.1 Å². The highest BCUT2D eigenvalue weighted by Crippen LogP contribution is 2.11. The Kier molecular flexibility index (Phi) is 41.6. The summed E-state index contributed by atoms with van der Waals surface area (Å²) >= 11 is 0. The third-order valence-corrected chi connectivity index (χ3v) is 8.70. The SMILES string of the molecule is CC/C=C\C/C=C\C/C=C\C/C=C\CCCCCCCOCC(CO)OC(=O)CCCCCCCC/C=C\C/C=C\C/C=C\CCCCCCC. The molecule has 4 nitrogen and oxygen atoms in total. The van der Waals surface area contributed by atoms with Crippen molar-refractivity contribution in [3.05, 3.63) is 85.1 Å². The molecule has 0 aromatic heterocycles. The molecule has 0 radical (unpaired) electrons. The fourth-order valence-electron chi connectivity index (χ4n) is 5.56. The van der Waals surface area contributed by atoms with Crippen LogP contribution < -0.4 is 0 Å². The van der Waals surface area contributed by atoms with Crippen LogP contribution in [-0.4, -0.2) is 37.0 Å². The monoisotopic (exact) mass is 709 g/mol. The minimum atomic E-state index is -0.557. The summed E-state index contributed by atoms with van der Waals surface area (Å²) in [5.41, 5.74) is 0. The molecule has 0 amide bonds. The molecule has 4 heteroatoms. The van der Waals surface area contributed by atoms with Crippen LogP contribution in [-0.2, 0) is 14.3 Å². The maximum Gasteiger partial charge on any atom is 0.306 e. The summed E-state index contributed by atoms with van der Waals surface area (Å²) in [6.45, 7) is 5.16. The third-order valence-electron chi connectivity index (χ3n) is 8.70. The molecule has 0 aliphatic carbocycles. The lowest BCUT2D eigenvalue weighted by Crippen LogP contribution is -2.27. The van der Waals surface area contributed by atoms with E-state index < -0.39 is 6.10 Å². The fourth-order valence-corrected chi connectivity index (χ4v) is 5.56. The number of allylic oxidation sites excluding steroid dienone is 14. The van der Waals surface area contributed by atoms with Gasteiger partial charge in [-0.3, -0.25) is 4.79 Å². The minimum absolute atomic E-state index is 0.190. The molecular weight excluding hydrogens is 629 g/mol. The molecular formula is C47H80O4. The molecule has 0 fully saturated rings. The molecule has 0 aliphatic rings. The van der Waals surface area contributed by atoms with Gasteiger partial charge in [-0.2, -0.15) is 0 Å². The molecule has 0 bridgehead atoms. The van der Waals surface area contributed by atoms with Crippen molar-refractivity contribution >= 4 is 5.97 Å². The second-order valence-electron chi connectivity index (χ2n) is 13.7. The summed E-state index contributed by atoms with van der Waals surface area (Å²) in [4.78, 5) is 12.2. The maximum atomic E-state index is 12.2. The van der Waals surface area contributed by atoms with Crippen molar-refractivity contribution in [1.82, 2.24) is 0 Å². The highest BCUT2D eigenvalue weighted by Gasteiger charge is 2.13. The van der Waals surface area contributed by atoms with E-state index in [4.69, 9.17) is 9.47 Å². The molecule has 0 heterocycles. The van der Waals surface area contributed by atoms with Crippen LogP contribution in [0.2, 0.25) is 0 Å². The second-order valence-corrected chi connectivity index (χ2v) is 13.7.